The van der Waals surface area contributed by atoms with Crippen molar-refractivity contribution >= 4 is 22.6 Å². The average molecular weight is 391 g/mol. The lowest BCUT2D eigenvalue weighted by Crippen LogP contribution is -2.50. The van der Waals surface area contributed by atoms with Gasteiger partial charge in [0.2, 0.25) is 0 Å². The Morgan fingerprint density at radius 3 is 2.69 bits per heavy atom. The molecule has 0 amide bonds. The lowest BCUT2D eigenvalue weighted by atomic mass is 10.1. The first-order valence-electron chi connectivity index (χ1n) is 9.82. The van der Waals surface area contributed by atoms with Crippen LogP contribution in [0.4, 0.5) is 5.69 Å². The van der Waals surface area contributed by atoms with E-state index in [4.69, 9.17) is 4.74 Å². The molecule has 3 aromatic rings. The average Bonchev–Trinajstić information content (AvgIpc) is 2.72. The van der Waals surface area contributed by atoms with E-state index in [9.17, 15) is 9.90 Å². The van der Waals surface area contributed by atoms with Crippen molar-refractivity contribution in [3.63, 3.8) is 0 Å². The lowest BCUT2D eigenvalue weighted by Gasteiger charge is -2.40. The van der Waals surface area contributed by atoms with Crippen LogP contribution in [-0.4, -0.2) is 53.7 Å². The molecule has 0 radical (unpaired) electrons. The Hall–Kier alpha value is -3.12. The van der Waals surface area contributed by atoms with Crippen molar-refractivity contribution < 1.29 is 14.6 Å². The van der Waals surface area contributed by atoms with Crippen LogP contribution in [0.25, 0.3) is 10.9 Å². The molecule has 1 aromatic heterocycles. The molecule has 4 rings (SSSR count). The number of nitrogens with zero attached hydrogens (tertiary/aromatic N) is 3. The van der Waals surface area contributed by atoms with Crippen molar-refractivity contribution in [3.05, 3.63) is 65.9 Å². The summed E-state index contributed by atoms with van der Waals surface area (Å²) in [7, 11) is 2.12. The first-order valence-corrected chi connectivity index (χ1v) is 9.82. The van der Waals surface area contributed by atoms with Gasteiger partial charge in [0.05, 0.1) is 11.2 Å². The van der Waals surface area contributed by atoms with Crippen molar-refractivity contribution in [2.75, 3.05) is 31.6 Å². The summed E-state index contributed by atoms with van der Waals surface area (Å²) >= 11 is 0. The SMILES string of the molecule is CC1CN(C)CCN1c1cccc2c(OCc3ccccc3)cc(C(=O)O)nc12. The molecular weight excluding hydrogens is 366 g/mol. The number of hydrogen-bond donors (Lipinski definition) is 1. The summed E-state index contributed by atoms with van der Waals surface area (Å²) in [5, 5.41) is 10.4. The summed E-state index contributed by atoms with van der Waals surface area (Å²) in [5.74, 6) is -0.516. The van der Waals surface area contributed by atoms with Gasteiger partial charge in [0.25, 0.3) is 0 Å². The summed E-state index contributed by atoms with van der Waals surface area (Å²) in [5.41, 5.74) is 2.65. The molecular formula is C23H25N3O3. The van der Waals surface area contributed by atoms with Crippen LogP contribution in [0.1, 0.15) is 23.0 Å². The third-order valence-corrected chi connectivity index (χ3v) is 5.38. The maximum absolute atomic E-state index is 11.7. The van der Waals surface area contributed by atoms with Crippen LogP contribution in [0.3, 0.4) is 0 Å². The number of hydrogen-bond acceptors (Lipinski definition) is 5. The number of rotatable bonds is 5. The van der Waals surface area contributed by atoms with E-state index in [1.807, 2.05) is 48.5 Å². The van der Waals surface area contributed by atoms with Gasteiger partial charge in [-0.2, -0.15) is 0 Å². The highest BCUT2D eigenvalue weighted by atomic mass is 16.5. The Bertz CT molecular complexity index is 1020. The van der Waals surface area contributed by atoms with Crippen molar-refractivity contribution in [1.82, 2.24) is 9.88 Å². The molecule has 1 aliphatic heterocycles. The summed E-state index contributed by atoms with van der Waals surface area (Å²) in [6.45, 7) is 5.33. The summed E-state index contributed by atoms with van der Waals surface area (Å²) < 4.78 is 6.05. The number of aromatic carboxylic acids is 1. The highest BCUT2D eigenvalue weighted by Gasteiger charge is 2.25. The Labute approximate surface area is 170 Å². The van der Waals surface area contributed by atoms with Crippen molar-refractivity contribution in [1.29, 1.82) is 0 Å². The molecule has 0 saturated carbocycles. The third-order valence-electron chi connectivity index (χ3n) is 5.38. The number of carboxylic acid groups (broad SMARTS) is 1. The second kappa shape index (κ2) is 8.09. The predicted octanol–water partition coefficient (Wildman–Crippen LogP) is 3.65. The predicted molar refractivity (Wildman–Crippen MR) is 114 cm³/mol. The van der Waals surface area contributed by atoms with Crippen molar-refractivity contribution in [2.45, 2.75) is 19.6 Å². The number of para-hydroxylation sites is 1. The van der Waals surface area contributed by atoms with Gasteiger partial charge in [0.15, 0.2) is 5.69 Å². The Morgan fingerprint density at radius 2 is 1.97 bits per heavy atom. The number of aromatic nitrogens is 1. The molecule has 1 fully saturated rings. The number of carbonyl (C=O) groups is 1. The van der Waals surface area contributed by atoms with E-state index in [1.54, 1.807) is 0 Å². The molecule has 1 N–H and O–H groups in total. The highest BCUT2D eigenvalue weighted by molar-refractivity contribution is 5.99. The molecule has 2 aromatic carbocycles. The Kier molecular flexibility index (Phi) is 5.36. The maximum atomic E-state index is 11.7. The molecule has 1 unspecified atom stereocenters. The van der Waals surface area contributed by atoms with Crippen LogP contribution >= 0.6 is 0 Å². The molecule has 6 nitrogen and oxygen atoms in total. The van der Waals surface area contributed by atoms with Crippen LogP contribution in [0, 0.1) is 0 Å². The van der Waals surface area contributed by atoms with Crippen LogP contribution in [0.15, 0.2) is 54.6 Å². The molecule has 2 heterocycles. The van der Waals surface area contributed by atoms with Crippen LogP contribution in [-0.2, 0) is 6.61 Å². The van der Waals surface area contributed by atoms with E-state index >= 15 is 0 Å². The van der Waals surface area contributed by atoms with Gasteiger partial charge in [-0.1, -0.05) is 36.4 Å². The number of piperazine rings is 1. The van der Waals surface area contributed by atoms with E-state index in [0.29, 0.717) is 23.9 Å². The number of pyridine rings is 1. The van der Waals surface area contributed by atoms with Gasteiger partial charge in [0, 0.05) is 37.1 Å². The van der Waals surface area contributed by atoms with Gasteiger partial charge >= 0.3 is 5.97 Å². The zero-order valence-electron chi connectivity index (χ0n) is 16.7. The number of fused-ring (bicyclic) bond motifs is 1. The smallest absolute Gasteiger partial charge is 0.354 e. The van der Waals surface area contributed by atoms with Gasteiger partial charge < -0.3 is 19.6 Å². The zero-order chi connectivity index (χ0) is 20.4. The van der Waals surface area contributed by atoms with Gasteiger partial charge in [0.1, 0.15) is 12.4 Å². The number of benzene rings is 2. The Morgan fingerprint density at radius 1 is 1.17 bits per heavy atom. The van der Waals surface area contributed by atoms with Gasteiger partial charge in [-0.15, -0.1) is 0 Å². The second-order valence-electron chi connectivity index (χ2n) is 7.56. The topological polar surface area (TPSA) is 65.9 Å². The molecule has 0 bridgehead atoms. The summed E-state index contributed by atoms with van der Waals surface area (Å²) in [6.07, 6.45) is 0. The normalized spacial score (nSPS) is 17.4. The standard InChI is InChI=1S/C23H25N3O3/c1-16-14-25(2)11-12-26(16)20-10-6-9-18-21(13-19(23(27)28)24-22(18)20)29-15-17-7-4-3-5-8-17/h3-10,13,16H,11-12,14-15H2,1-2H3,(H,27,28). The lowest BCUT2D eigenvalue weighted by molar-refractivity contribution is 0.0690. The molecule has 6 heteroatoms. The van der Waals surface area contributed by atoms with Crippen molar-refractivity contribution in [2.24, 2.45) is 0 Å². The fourth-order valence-electron chi connectivity index (χ4n) is 3.90. The number of ether oxygens (including phenoxy) is 1. The number of likely N-dealkylation sites (N-methyl/N-ethyl adjacent to an activating group) is 1. The largest absolute Gasteiger partial charge is 0.488 e. The molecule has 0 spiro atoms. The maximum Gasteiger partial charge on any atom is 0.354 e. The quantitative estimate of drug-likeness (QED) is 0.716. The summed E-state index contributed by atoms with van der Waals surface area (Å²) in [4.78, 5) is 20.8. The van der Waals surface area contributed by atoms with E-state index in [-0.39, 0.29) is 5.69 Å². The molecule has 0 aliphatic carbocycles. The Balaban J connectivity index is 1.76. The number of anilines is 1. The fraction of sp³-hybridized carbons (Fsp3) is 0.304. The van der Waals surface area contributed by atoms with Gasteiger partial charge in [-0.3, -0.25) is 0 Å². The molecule has 29 heavy (non-hydrogen) atoms. The van der Waals surface area contributed by atoms with Gasteiger partial charge in [-0.05, 0) is 31.7 Å². The van der Waals surface area contributed by atoms with Crippen LogP contribution in [0.2, 0.25) is 0 Å². The molecule has 150 valence electrons. The first-order chi connectivity index (χ1) is 14.0. The zero-order valence-corrected chi connectivity index (χ0v) is 16.7. The van der Waals surface area contributed by atoms with Gasteiger partial charge in [-0.25, -0.2) is 9.78 Å². The number of carboxylic acids is 1. The molecule has 1 saturated heterocycles. The fourth-order valence-corrected chi connectivity index (χ4v) is 3.90. The van der Waals surface area contributed by atoms with Crippen LogP contribution < -0.4 is 9.64 Å². The van der Waals surface area contributed by atoms with E-state index in [2.05, 4.69) is 28.8 Å². The summed E-state index contributed by atoms with van der Waals surface area (Å²) in [6, 6.07) is 17.6. The first kappa shape index (κ1) is 19.2. The molecule has 1 atom stereocenters. The van der Waals surface area contributed by atoms with E-state index in [1.165, 1.54) is 6.07 Å². The van der Waals surface area contributed by atoms with Crippen LogP contribution in [0.5, 0.6) is 5.75 Å². The third kappa shape index (κ3) is 4.03. The minimum atomic E-state index is -1.06. The minimum absolute atomic E-state index is 0.00482. The molecule has 1 aliphatic rings. The monoisotopic (exact) mass is 391 g/mol. The second-order valence-corrected chi connectivity index (χ2v) is 7.56. The highest BCUT2D eigenvalue weighted by Crippen LogP contribution is 2.34. The van der Waals surface area contributed by atoms with E-state index in [0.717, 1.165) is 36.3 Å². The minimum Gasteiger partial charge on any atom is -0.488 e. The van der Waals surface area contributed by atoms with E-state index < -0.39 is 5.97 Å². The van der Waals surface area contributed by atoms with Crippen molar-refractivity contribution in [3.8, 4) is 5.75 Å².